The van der Waals surface area contributed by atoms with Crippen molar-refractivity contribution in [2.45, 2.75) is 38.0 Å². The van der Waals surface area contributed by atoms with Gasteiger partial charge in [0.05, 0.1) is 18.9 Å². The number of aryl methyl sites for hydroxylation is 2. The van der Waals surface area contributed by atoms with E-state index in [9.17, 15) is 9.59 Å². The van der Waals surface area contributed by atoms with Gasteiger partial charge in [-0.3, -0.25) is 9.59 Å². The molecule has 0 spiro atoms. The van der Waals surface area contributed by atoms with Gasteiger partial charge in [0.2, 0.25) is 5.91 Å². The molecule has 2 aliphatic rings. The highest BCUT2D eigenvalue weighted by Crippen LogP contribution is 2.39. The molecule has 0 aliphatic carbocycles. The number of halogens is 1. The summed E-state index contributed by atoms with van der Waals surface area (Å²) >= 11 is 7.41. The lowest BCUT2D eigenvalue weighted by molar-refractivity contribution is -0.121. The predicted molar refractivity (Wildman–Crippen MR) is 153 cm³/mol. The maximum Gasteiger partial charge on any atom is 0.262 e. The number of aliphatic imine (C=N–C) groups is 1. The fraction of sp³-hybridized carbons (Fsp3) is 0.241. The summed E-state index contributed by atoms with van der Waals surface area (Å²) in [7, 11) is 1.63. The lowest BCUT2D eigenvalue weighted by Crippen LogP contribution is -2.25. The fourth-order valence-corrected chi connectivity index (χ4v) is 5.81. The number of hydrazone groups is 1. The highest BCUT2D eigenvalue weighted by Gasteiger charge is 2.39. The SMILES string of the molecule is COc1ccc(C2=NN(C3=NC(=O)[C@@H](CC(=O)Nc4cc(C)cc(C)c4)S3)[C@@H](c3ccc(Cl)cc3)C2)cc1. The highest BCUT2D eigenvalue weighted by atomic mass is 35.5. The molecule has 0 saturated carbocycles. The summed E-state index contributed by atoms with van der Waals surface area (Å²) in [6.45, 7) is 3.96. The Morgan fingerprint density at radius 3 is 2.42 bits per heavy atom. The molecule has 38 heavy (non-hydrogen) atoms. The number of carbonyl (C=O) groups excluding carboxylic acids is 2. The summed E-state index contributed by atoms with van der Waals surface area (Å²) in [4.78, 5) is 30.0. The minimum absolute atomic E-state index is 0.0258. The van der Waals surface area contributed by atoms with Crippen molar-refractivity contribution in [3.8, 4) is 5.75 Å². The molecule has 0 saturated heterocycles. The van der Waals surface area contributed by atoms with Crippen molar-refractivity contribution >= 4 is 51.7 Å². The van der Waals surface area contributed by atoms with Crippen LogP contribution in [0.15, 0.2) is 76.8 Å². The first-order valence-corrected chi connectivity index (χ1v) is 13.5. The fourth-order valence-electron chi connectivity index (χ4n) is 4.62. The van der Waals surface area contributed by atoms with Crippen LogP contribution < -0.4 is 10.1 Å². The number of nitrogens with one attached hydrogen (secondary N) is 1. The number of hydrogen-bond acceptors (Lipinski definition) is 6. The topological polar surface area (TPSA) is 83.4 Å². The van der Waals surface area contributed by atoms with Crippen LogP contribution in [-0.2, 0) is 9.59 Å². The third kappa shape index (κ3) is 5.76. The number of amidine groups is 1. The molecule has 1 N–H and O–H groups in total. The summed E-state index contributed by atoms with van der Waals surface area (Å²) in [5.41, 5.74) is 5.69. The number of hydrogen-bond donors (Lipinski definition) is 1. The van der Waals surface area contributed by atoms with Crippen molar-refractivity contribution in [3.05, 3.63) is 94.0 Å². The Kier molecular flexibility index (Phi) is 7.53. The van der Waals surface area contributed by atoms with E-state index in [0.717, 1.165) is 39.4 Å². The molecule has 7 nitrogen and oxygen atoms in total. The molecule has 0 fully saturated rings. The molecule has 9 heteroatoms. The maximum absolute atomic E-state index is 12.9. The first kappa shape index (κ1) is 26.0. The molecular formula is C29H27ClN4O3S. The van der Waals surface area contributed by atoms with Crippen LogP contribution in [0.5, 0.6) is 5.75 Å². The van der Waals surface area contributed by atoms with Crippen molar-refractivity contribution in [2.24, 2.45) is 10.1 Å². The van der Waals surface area contributed by atoms with Gasteiger partial charge >= 0.3 is 0 Å². The average molecular weight is 547 g/mol. The zero-order chi connectivity index (χ0) is 26.8. The van der Waals surface area contributed by atoms with E-state index in [1.807, 2.05) is 80.6 Å². The van der Waals surface area contributed by atoms with Gasteiger partial charge in [-0.15, -0.1) is 0 Å². The van der Waals surface area contributed by atoms with Gasteiger partial charge in [-0.1, -0.05) is 41.6 Å². The molecule has 2 heterocycles. The first-order chi connectivity index (χ1) is 18.3. The van der Waals surface area contributed by atoms with Crippen molar-refractivity contribution in [2.75, 3.05) is 12.4 Å². The van der Waals surface area contributed by atoms with Gasteiger partial charge in [0, 0.05) is 23.6 Å². The lowest BCUT2D eigenvalue weighted by atomic mass is 9.98. The largest absolute Gasteiger partial charge is 0.497 e. The number of benzene rings is 3. The van der Waals surface area contributed by atoms with E-state index >= 15 is 0 Å². The molecule has 2 aliphatic heterocycles. The molecule has 2 amide bonds. The standard InChI is InChI=1S/C29H27ClN4O3S/c1-17-12-18(2)14-22(13-17)31-27(35)16-26-28(36)32-29(38-26)34-25(20-4-8-21(30)9-5-20)15-24(33-34)19-6-10-23(37-3)11-7-19/h4-14,25-26H,15-16H2,1-3H3,(H,31,35)/t25-,26-/m1/s1. The van der Waals surface area contributed by atoms with Gasteiger partial charge in [-0.05, 0) is 84.6 Å². The Bertz CT molecular complexity index is 1420. The second kappa shape index (κ2) is 11.0. The number of anilines is 1. The van der Waals surface area contributed by atoms with Gasteiger partial charge in [0.25, 0.3) is 5.91 Å². The van der Waals surface area contributed by atoms with E-state index in [1.165, 1.54) is 11.8 Å². The van der Waals surface area contributed by atoms with E-state index in [0.29, 0.717) is 16.6 Å². The highest BCUT2D eigenvalue weighted by molar-refractivity contribution is 8.15. The van der Waals surface area contributed by atoms with Gasteiger partial charge < -0.3 is 10.1 Å². The Labute approximate surface area is 230 Å². The van der Waals surface area contributed by atoms with E-state index in [2.05, 4.69) is 10.3 Å². The Morgan fingerprint density at radius 2 is 1.76 bits per heavy atom. The molecule has 0 radical (unpaired) electrons. The second-order valence-corrected chi connectivity index (χ2v) is 11.0. The third-order valence-electron chi connectivity index (χ3n) is 6.39. The van der Waals surface area contributed by atoms with Crippen LogP contribution in [-0.4, -0.2) is 40.1 Å². The minimum atomic E-state index is -0.609. The van der Waals surface area contributed by atoms with Gasteiger partial charge in [-0.2, -0.15) is 10.1 Å². The molecule has 194 valence electrons. The number of nitrogens with zero attached hydrogens (tertiary/aromatic N) is 3. The first-order valence-electron chi connectivity index (χ1n) is 12.2. The van der Waals surface area contributed by atoms with Crippen LogP contribution in [0, 0.1) is 13.8 Å². The summed E-state index contributed by atoms with van der Waals surface area (Å²) in [6.07, 6.45) is 0.650. The number of thioether (sulfide) groups is 1. The number of rotatable bonds is 6. The number of ether oxygens (including phenoxy) is 1. The third-order valence-corrected chi connectivity index (χ3v) is 7.78. The van der Waals surface area contributed by atoms with Crippen molar-refractivity contribution in [1.82, 2.24) is 5.01 Å². The quantitative estimate of drug-likeness (QED) is 0.401. The second-order valence-electron chi connectivity index (χ2n) is 9.36. The van der Waals surface area contributed by atoms with E-state index < -0.39 is 5.25 Å². The zero-order valence-corrected chi connectivity index (χ0v) is 22.8. The van der Waals surface area contributed by atoms with Crippen LogP contribution >= 0.6 is 23.4 Å². The smallest absolute Gasteiger partial charge is 0.262 e. The Balaban J connectivity index is 1.35. The average Bonchev–Trinajstić information content (AvgIpc) is 3.48. The van der Waals surface area contributed by atoms with Crippen molar-refractivity contribution < 1.29 is 14.3 Å². The Morgan fingerprint density at radius 1 is 1.08 bits per heavy atom. The number of methoxy groups -OCH3 is 1. The summed E-state index contributed by atoms with van der Waals surface area (Å²) in [5, 5.41) is 10.1. The molecule has 0 aromatic heterocycles. The Hall–Kier alpha value is -3.62. The monoisotopic (exact) mass is 546 g/mol. The number of carbonyl (C=O) groups is 2. The summed E-state index contributed by atoms with van der Waals surface area (Å²) < 4.78 is 5.28. The maximum atomic E-state index is 12.9. The minimum Gasteiger partial charge on any atom is -0.497 e. The van der Waals surface area contributed by atoms with Crippen LogP contribution in [0.4, 0.5) is 5.69 Å². The molecule has 0 bridgehead atoms. The molecule has 5 rings (SSSR count). The van der Waals surface area contributed by atoms with Crippen LogP contribution in [0.2, 0.25) is 5.02 Å². The van der Waals surface area contributed by atoms with E-state index in [1.54, 1.807) is 12.1 Å². The summed E-state index contributed by atoms with van der Waals surface area (Å²) in [5.74, 6) is 0.209. The molecular weight excluding hydrogens is 520 g/mol. The normalized spacial score (nSPS) is 18.8. The van der Waals surface area contributed by atoms with Gasteiger partial charge in [0.15, 0.2) is 5.17 Å². The van der Waals surface area contributed by atoms with Crippen molar-refractivity contribution in [3.63, 3.8) is 0 Å². The van der Waals surface area contributed by atoms with Gasteiger partial charge in [0.1, 0.15) is 11.0 Å². The summed E-state index contributed by atoms with van der Waals surface area (Å²) in [6, 6.07) is 21.0. The van der Waals surface area contributed by atoms with Crippen molar-refractivity contribution in [1.29, 1.82) is 0 Å². The van der Waals surface area contributed by atoms with Crippen LogP contribution in [0.1, 0.15) is 41.1 Å². The molecule has 0 unspecified atom stereocenters. The van der Waals surface area contributed by atoms with Crippen LogP contribution in [0.25, 0.3) is 0 Å². The molecule has 3 aromatic rings. The van der Waals surface area contributed by atoms with E-state index in [4.69, 9.17) is 21.4 Å². The molecule has 3 aromatic carbocycles. The number of amides is 2. The predicted octanol–water partition coefficient (Wildman–Crippen LogP) is 6.14. The molecule has 2 atom stereocenters. The van der Waals surface area contributed by atoms with Gasteiger partial charge in [-0.25, -0.2) is 5.01 Å². The van der Waals surface area contributed by atoms with E-state index in [-0.39, 0.29) is 24.3 Å². The van der Waals surface area contributed by atoms with Crippen LogP contribution in [0.3, 0.4) is 0 Å². The zero-order valence-electron chi connectivity index (χ0n) is 21.3. The lowest BCUT2D eigenvalue weighted by Gasteiger charge is -2.23.